The van der Waals surface area contributed by atoms with Gasteiger partial charge in [-0.15, -0.1) is 0 Å². The first kappa shape index (κ1) is 32.5. The lowest BCUT2D eigenvalue weighted by atomic mass is 9.67. The van der Waals surface area contributed by atoms with E-state index in [9.17, 15) is 24.3 Å². The summed E-state index contributed by atoms with van der Waals surface area (Å²) in [4.78, 5) is 47.6. The van der Waals surface area contributed by atoms with Crippen LogP contribution in [0.3, 0.4) is 0 Å². The number of esters is 3. The maximum absolute atomic E-state index is 12.5. The fourth-order valence-electron chi connectivity index (χ4n) is 6.34. The van der Waals surface area contributed by atoms with Crippen molar-refractivity contribution in [2.45, 2.75) is 117 Å². The number of aliphatic hydroxyl groups is 1. The molecule has 1 saturated carbocycles. The normalized spacial score (nSPS) is 30.2. The van der Waals surface area contributed by atoms with Crippen LogP contribution < -0.4 is 0 Å². The van der Waals surface area contributed by atoms with Crippen molar-refractivity contribution in [3.63, 3.8) is 0 Å². The Bertz CT molecular complexity index is 990. The van der Waals surface area contributed by atoms with Gasteiger partial charge in [0.1, 0.15) is 18.3 Å². The SMILES string of the molecule is CC(=O)O[C@@H]1/C=C(\COC(=O)C[C@@](C)(O)CC(=O)O)CC/C=C(\C)CC[C@H]2[C@H](C(C)(C)OC(C)=O)CC[C@]12C. The second-order valence-electron chi connectivity index (χ2n) is 12.3. The number of allylic oxidation sites excluding steroid dienone is 2. The van der Waals surface area contributed by atoms with Gasteiger partial charge in [-0.2, -0.15) is 0 Å². The first-order valence-corrected chi connectivity index (χ1v) is 13.8. The Kier molecular flexibility index (Phi) is 10.9. The summed E-state index contributed by atoms with van der Waals surface area (Å²) in [5.74, 6) is -2.51. The molecule has 220 valence electrons. The second-order valence-corrected chi connectivity index (χ2v) is 12.3. The summed E-state index contributed by atoms with van der Waals surface area (Å²) in [6, 6.07) is 0. The van der Waals surface area contributed by atoms with E-state index >= 15 is 0 Å². The summed E-state index contributed by atoms with van der Waals surface area (Å²) in [6.07, 6.45) is 7.02. The van der Waals surface area contributed by atoms with E-state index in [1.54, 1.807) is 0 Å². The number of carbonyl (C=O) groups is 4. The molecule has 0 heterocycles. The van der Waals surface area contributed by atoms with Gasteiger partial charge in [0.05, 0.1) is 18.4 Å². The standard InChI is InChI=1S/C30H46O9/c1-19-9-8-10-22(18-37-27(35)17-29(6,36)16-26(33)34)15-25(38-20(2)31)30(7)14-13-23(24(30)12-11-19)28(4,5)39-21(3)32/h9,15,23-25,36H,8,10-14,16-18H2,1-7H3,(H,33,34)/b19-9+,22-15-/t23-,24+,25-,29+,30+/m1/s1. The highest BCUT2D eigenvalue weighted by Crippen LogP contribution is 2.56. The minimum Gasteiger partial charge on any atom is -0.481 e. The fourth-order valence-corrected chi connectivity index (χ4v) is 6.34. The molecule has 0 aromatic rings. The van der Waals surface area contributed by atoms with E-state index in [1.807, 2.05) is 19.9 Å². The molecule has 0 bridgehead atoms. The smallest absolute Gasteiger partial charge is 0.309 e. The number of aliphatic carboxylic acids is 1. The van der Waals surface area contributed by atoms with E-state index in [1.165, 1.54) is 26.3 Å². The number of rotatable bonds is 9. The zero-order chi connectivity index (χ0) is 29.6. The first-order valence-electron chi connectivity index (χ1n) is 13.8. The lowest BCUT2D eigenvalue weighted by Gasteiger charge is -2.43. The summed E-state index contributed by atoms with van der Waals surface area (Å²) in [7, 11) is 0. The Labute approximate surface area is 232 Å². The largest absolute Gasteiger partial charge is 0.481 e. The highest BCUT2D eigenvalue weighted by molar-refractivity contribution is 5.74. The van der Waals surface area contributed by atoms with Crippen LogP contribution in [0, 0.1) is 17.3 Å². The quantitative estimate of drug-likeness (QED) is 0.233. The van der Waals surface area contributed by atoms with Crippen molar-refractivity contribution in [1.29, 1.82) is 0 Å². The molecule has 2 N–H and O–H groups in total. The average Bonchev–Trinajstić information content (AvgIpc) is 3.10. The minimum atomic E-state index is -1.72. The van der Waals surface area contributed by atoms with Crippen LogP contribution in [0.5, 0.6) is 0 Å². The van der Waals surface area contributed by atoms with Crippen molar-refractivity contribution in [1.82, 2.24) is 0 Å². The Balaban J connectivity index is 2.40. The van der Waals surface area contributed by atoms with E-state index < -0.39 is 53.5 Å². The van der Waals surface area contributed by atoms with Gasteiger partial charge in [0.2, 0.25) is 0 Å². The summed E-state index contributed by atoms with van der Waals surface area (Å²) in [5, 5.41) is 19.2. The van der Waals surface area contributed by atoms with Crippen LogP contribution in [0.1, 0.15) is 99.8 Å². The van der Waals surface area contributed by atoms with Crippen molar-refractivity contribution >= 4 is 23.9 Å². The molecule has 2 aliphatic rings. The molecule has 5 atom stereocenters. The lowest BCUT2D eigenvalue weighted by Crippen LogP contribution is -2.45. The highest BCUT2D eigenvalue weighted by atomic mass is 16.6. The molecule has 0 aromatic heterocycles. The van der Waals surface area contributed by atoms with E-state index in [2.05, 4.69) is 19.9 Å². The van der Waals surface area contributed by atoms with Gasteiger partial charge in [0, 0.05) is 25.2 Å². The van der Waals surface area contributed by atoms with Gasteiger partial charge in [0.15, 0.2) is 0 Å². The van der Waals surface area contributed by atoms with Crippen LogP contribution in [0.15, 0.2) is 23.3 Å². The van der Waals surface area contributed by atoms with Crippen molar-refractivity contribution < 1.29 is 43.6 Å². The van der Waals surface area contributed by atoms with Gasteiger partial charge >= 0.3 is 23.9 Å². The average molecular weight is 551 g/mol. The second kappa shape index (κ2) is 13.1. The molecule has 2 aliphatic carbocycles. The first-order chi connectivity index (χ1) is 17.9. The molecule has 0 saturated heterocycles. The third-order valence-electron chi connectivity index (χ3n) is 8.24. The summed E-state index contributed by atoms with van der Waals surface area (Å²) in [5.41, 5.74) is -0.845. The molecule has 39 heavy (non-hydrogen) atoms. The zero-order valence-electron chi connectivity index (χ0n) is 24.5. The Morgan fingerprint density at radius 2 is 1.72 bits per heavy atom. The van der Waals surface area contributed by atoms with E-state index in [0.717, 1.165) is 31.3 Å². The van der Waals surface area contributed by atoms with Gasteiger partial charge in [-0.05, 0) is 83.8 Å². The summed E-state index contributed by atoms with van der Waals surface area (Å²) >= 11 is 0. The molecule has 0 aliphatic heterocycles. The molecule has 0 amide bonds. The van der Waals surface area contributed by atoms with Gasteiger partial charge in [-0.3, -0.25) is 19.2 Å². The summed E-state index contributed by atoms with van der Waals surface area (Å²) < 4.78 is 17.2. The topological polar surface area (TPSA) is 136 Å². The van der Waals surface area contributed by atoms with Crippen molar-refractivity contribution in [3.05, 3.63) is 23.3 Å². The van der Waals surface area contributed by atoms with Crippen molar-refractivity contribution in [3.8, 4) is 0 Å². The Morgan fingerprint density at radius 3 is 2.31 bits per heavy atom. The van der Waals surface area contributed by atoms with Crippen molar-refractivity contribution in [2.24, 2.45) is 17.3 Å². The highest BCUT2D eigenvalue weighted by Gasteiger charge is 2.55. The minimum absolute atomic E-state index is 0.0594. The van der Waals surface area contributed by atoms with Crippen LogP contribution in [-0.4, -0.2) is 58.0 Å². The van der Waals surface area contributed by atoms with Gasteiger partial charge in [-0.1, -0.05) is 18.6 Å². The fraction of sp³-hybridized carbons (Fsp3) is 0.733. The Morgan fingerprint density at radius 1 is 1.05 bits per heavy atom. The molecule has 0 aromatic carbocycles. The molecule has 0 unspecified atom stereocenters. The van der Waals surface area contributed by atoms with Crippen LogP contribution in [0.25, 0.3) is 0 Å². The molecule has 0 radical (unpaired) electrons. The molecule has 9 heteroatoms. The monoisotopic (exact) mass is 550 g/mol. The molecule has 2 rings (SSSR count). The number of fused-ring (bicyclic) bond motifs is 1. The van der Waals surface area contributed by atoms with Crippen LogP contribution in [0.2, 0.25) is 0 Å². The third-order valence-corrected chi connectivity index (χ3v) is 8.24. The Hall–Kier alpha value is -2.68. The van der Waals surface area contributed by atoms with Gasteiger partial charge in [-0.25, -0.2) is 0 Å². The zero-order valence-corrected chi connectivity index (χ0v) is 24.5. The number of hydrogen-bond donors (Lipinski definition) is 2. The van der Waals surface area contributed by atoms with E-state index in [0.29, 0.717) is 12.8 Å². The number of carboxylic acids is 1. The molecule has 1 fully saturated rings. The van der Waals surface area contributed by atoms with Crippen LogP contribution in [-0.2, 0) is 33.4 Å². The summed E-state index contributed by atoms with van der Waals surface area (Å²) in [6.45, 7) is 12.1. The van der Waals surface area contributed by atoms with Crippen LogP contribution >= 0.6 is 0 Å². The maximum atomic E-state index is 12.5. The van der Waals surface area contributed by atoms with Crippen molar-refractivity contribution in [2.75, 3.05) is 6.61 Å². The number of ether oxygens (including phenoxy) is 3. The number of carbonyl (C=O) groups excluding carboxylic acids is 3. The van der Waals surface area contributed by atoms with E-state index in [-0.39, 0.29) is 24.4 Å². The third kappa shape index (κ3) is 9.48. The molecular weight excluding hydrogens is 504 g/mol. The predicted molar refractivity (Wildman–Crippen MR) is 144 cm³/mol. The lowest BCUT2D eigenvalue weighted by molar-refractivity contribution is -0.163. The van der Waals surface area contributed by atoms with E-state index in [4.69, 9.17) is 19.3 Å². The number of carboxylic acid groups (broad SMARTS) is 1. The molecular formula is C30H46O9. The van der Waals surface area contributed by atoms with Crippen LogP contribution in [0.4, 0.5) is 0 Å². The molecule has 9 nitrogen and oxygen atoms in total. The maximum Gasteiger partial charge on any atom is 0.309 e. The number of hydrogen-bond acceptors (Lipinski definition) is 8. The van der Waals surface area contributed by atoms with Gasteiger partial charge < -0.3 is 24.4 Å². The van der Waals surface area contributed by atoms with Gasteiger partial charge in [0.25, 0.3) is 0 Å². The molecule has 0 spiro atoms. The predicted octanol–water partition coefficient (Wildman–Crippen LogP) is 4.90.